The lowest BCUT2D eigenvalue weighted by Crippen LogP contribution is -2.62. The van der Waals surface area contributed by atoms with Gasteiger partial charge in [-0.15, -0.1) is 0 Å². The molecule has 2 aliphatic heterocycles. The molecule has 3 aromatic carbocycles. The van der Waals surface area contributed by atoms with Gasteiger partial charge in [-0.2, -0.15) is 0 Å². The number of aromatic amines is 1. The van der Waals surface area contributed by atoms with Crippen LogP contribution in [0, 0.1) is 0 Å². The van der Waals surface area contributed by atoms with Gasteiger partial charge in [-0.05, 0) is 42.3 Å². The predicted molar refractivity (Wildman–Crippen MR) is 144 cm³/mol. The summed E-state index contributed by atoms with van der Waals surface area (Å²) in [5.41, 5.74) is 4.67. The molecule has 37 heavy (non-hydrogen) atoms. The Morgan fingerprint density at radius 3 is 2.59 bits per heavy atom. The summed E-state index contributed by atoms with van der Waals surface area (Å²) in [5, 5.41) is 1.94. The summed E-state index contributed by atoms with van der Waals surface area (Å²) < 4.78 is 5.97. The number of hydrogen-bond donors (Lipinski definition) is 1. The van der Waals surface area contributed by atoms with Gasteiger partial charge in [0.05, 0.1) is 16.7 Å². The Morgan fingerprint density at radius 2 is 1.78 bits per heavy atom. The lowest BCUT2D eigenvalue weighted by molar-refractivity contribution is -0.159. The van der Waals surface area contributed by atoms with E-state index in [1.165, 1.54) is 0 Å². The van der Waals surface area contributed by atoms with E-state index in [-0.39, 0.29) is 24.9 Å². The number of amides is 2. The SMILES string of the molecule is CCOc1ccccc1C1c2[nH]c3ccccc3c2C[C@H]2C(=O)N(Cc3ccc(Cl)c(Cl)c3)CC(=O)N12. The molecule has 188 valence electrons. The van der Waals surface area contributed by atoms with Gasteiger partial charge in [0.15, 0.2) is 0 Å². The van der Waals surface area contributed by atoms with Crippen LogP contribution in [-0.4, -0.2) is 45.8 Å². The molecule has 1 unspecified atom stereocenters. The Balaban J connectivity index is 1.45. The first-order valence-corrected chi connectivity index (χ1v) is 13.1. The Morgan fingerprint density at radius 1 is 1.00 bits per heavy atom. The highest BCUT2D eigenvalue weighted by Crippen LogP contribution is 2.45. The standard InChI is InChI=1S/C29H25Cl2N3O3/c1-2-37-25-10-6-4-8-19(25)28-27-20(18-7-3-5-9-23(18)32-27)14-24-29(36)33(16-26(35)34(24)28)15-17-11-12-21(30)22(31)13-17/h3-13,24,28,32H,2,14-16H2,1H3/t24-,28?/m0/s1. The molecule has 6 nitrogen and oxygen atoms in total. The van der Waals surface area contributed by atoms with E-state index < -0.39 is 12.1 Å². The second kappa shape index (κ2) is 9.43. The highest BCUT2D eigenvalue weighted by Gasteiger charge is 2.48. The number of halogens is 2. The topological polar surface area (TPSA) is 65.6 Å². The number of para-hydroxylation sites is 2. The fourth-order valence-electron chi connectivity index (χ4n) is 5.63. The molecule has 1 N–H and O–H groups in total. The van der Waals surface area contributed by atoms with Crippen molar-refractivity contribution in [3.05, 3.63) is 99.2 Å². The summed E-state index contributed by atoms with van der Waals surface area (Å²) in [5.74, 6) is 0.518. The summed E-state index contributed by atoms with van der Waals surface area (Å²) >= 11 is 12.3. The predicted octanol–water partition coefficient (Wildman–Crippen LogP) is 5.76. The normalized spacial score (nSPS) is 19.2. The van der Waals surface area contributed by atoms with Crippen molar-refractivity contribution in [1.29, 1.82) is 0 Å². The first-order chi connectivity index (χ1) is 18.0. The third-order valence-corrected chi connectivity index (χ3v) is 7.95. The Kier molecular flexibility index (Phi) is 6.09. The van der Waals surface area contributed by atoms with E-state index in [9.17, 15) is 9.59 Å². The number of nitrogens with one attached hydrogen (secondary N) is 1. The first kappa shape index (κ1) is 23.9. The van der Waals surface area contributed by atoms with E-state index in [0.717, 1.165) is 33.3 Å². The zero-order chi connectivity index (χ0) is 25.7. The van der Waals surface area contributed by atoms with Crippen molar-refractivity contribution >= 4 is 45.9 Å². The van der Waals surface area contributed by atoms with Crippen molar-refractivity contribution in [3.63, 3.8) is 0 Å². The number of benzene rings is 3. The number of fused-ring (bicyclic) bond motifs is 4. The number of carbonyl (C=O) groups excluding carboxylic acids is 2. The maximum atomic E-state index is 13.9. The number of ether oxygens (including phenoxy) is 1. The number of aromatic nitrogens is 1. The van der Waals surface area contributed by atoms with Crippen LogP contribution in [0.3, 0.4) is 0 Å². The molecule has 1 aromatic heterocycles. The third kappa shape index (κ3) is 4.05. The summed E-state index contributed by atoms with van der Waals surface area (Å²) in [6.45, 7) is 2.70. The number of H-pyrrole nitrogens is 1. The minimum absolute atomic E-state index is 0.0154. The second-order valence-electron chi connectivity index (χ2n) is 9.40. The molecule has 1 fully saturated rings. The van der Waals surface area contributed by atoms with Crippen LogP contribution in [0.4, 0.5) is 0 Å². The van der Waals surface area contributed by atoms with Gasteiger partial charge in [0.25, 0.3) is 0 Å². The molecule has 0 spiro atoms. The Bertz CT molecular complexity index is 1530. The van der Waals surface area contributed by atoms with E-state index in [1.807, 2.05) is 55.5 Å². The highest BCUT2D eigenvalue weighted by molar-refractivity contribution is 6.42. The maximum Gasteiger partial charge on any atom is 0.246 e. The largest absolute Gasteiger partial charge is 0.494 e. The van der Waals surface area contributed by atoms with Crippen molar-refractivity contribution in [2.45, 2.75) is 32.0 Å². The fraction of sp³-hybridized carbons (Fsp3) is 0.241. The Labute approximate surface area is 224 Å². The third-order valence-electron chi connectivity index (χ3n) is 7.21. The number of rotatable bonds is 5. The fourth-order valence-corrected chi connectivity index (χ4v) is 5.95. The van der Waals surface area contributed by atoms with Crippen molar-refractivity contribution < 1.29 is 14.3 Å². The summed E-state index contributed by atoms with van der Waals surface area (Å²) in [6, 6.07) is 20.0. The lowest BCUT2D eigenvalue weighted by atomic mass is 9.85. The molecule has 1 saturated heterocycles. The average molecular weight is 534 g/mol. The van der Waals surface area contributed by atoms with Crippen molar-refractivity contribution in [3.8, 4) is 5.75 Å². The van der Waals surface area contributed by atoms with Gasteiger partial charge in [0.2, 0.25) is 11.8 Å². The van der Waals surface area contributed by atoms with Crippen LogP contribution in [0.1, 0.15) is 35.3 Å². The van der Waals surface area contributed by atoms with Gasteiger partial charge < -0.3 is 19.5 Å². The lowest BCUT2D eigenvalue weighted by Gasteiger charge is -2.47. The molecule has 2 amide bonds. The molecule has 8 heteroatoms. The van der Waals surface area contributed by atoms with Crippen LogP contribution >= 0.6 is 23.2 Å². The Hall–Kier alpha value is -3.48. The highest BCUT2D eigenvalue weighted by atomic mass is 35.5. The minimum atomic E-state index is -0.629. The van der Waals surface area contributed by atoms with E-state index in [0.29, 0.717) is 28.8 Å². The molecule has 0 saturated carbocycles. The molecular weight excluding hydrogens is 509 g/mol. The van der Waals surface area contributed by atoms with Crippen LogP contribution in [0.15, 0.2) is 66.7 Å². The zero-order valence-corrected chi connectivity index (χ0v) is 21.7. The van der Waals surface area contributed by atoms with Crippen molar-refractivity contribution in [2.75, 3.05) is 13.2 Å². The molecule has 3 heterocycles. The summed E-state index contributed by atoms with van der Waals surface area (Å²) in [7, 11) is 0. The van der Waals surface area contributed by atoms with Crippen LogP contribution in [0.25, 0.3) is 10.9 Å². The zero-order valence-electron chi connectivity index (χ0n) is 20.2. The molecule has 2 aliphatic rings. The summed E-state index contributed by atoms with van der Waals surface area (Å²) in [6.07, 6.45) is 0.440. The van der Waals surface area contributed by atoms with Crippen molar-refractivity contribution in [1.82, 2.24) is 14.8 Å². The second-order valence-corrected chi connectivity index (χ2v) is 10.2. The minimum Gasteiger partial charge on any atom is -0.494 e. The number of nitrogens with zero attached hydrogens (tertiary/aromatic N) is 2. The number of piperazine rings is 1. The van der Waals surface area contributed by atoms with Crippen molar-refractivity contribution in [2.24, 2.45) is 0 Å². The molecular formula is C29H25Cl2N3O3. The van der Waals surface area contributed by atoms with E-state index in [1.54, 1.807) is 21.9 Å². The maximum absolute atomic E-state index is 13.9. The van der Waals surface area contributed by atoms with Crippen LogP contribution in [0.5, 0.6) is 5.75 Å². The quantitative estimate of drug-likeness (QED) is 0.354. The molecule has 4 aromatic rings. The molecule has 0 aliphatic carbocycles. The summed E-state index contributed by atoms with van der Waals surface area (Å²) in [4.78, 5) is 34.7. The van der Waals surface area contributed by atoms with E-state index in [2.05, 4.69) is 11.1 Å². The number of carbonyl (C=O) groups is 2. The van der Waals surface area contributed by atoms with Gasteiger partial charge in [-0.1, -0.05) is 65.7 Å². The van der Waals surface area contributed by atoms with Gasteiger partial charge in [0.1, 0.15) is 24.4 Å². The molecule has 0 radical (unpaired) electrons. The number of hydrogen-bond acceptors (Lipinski definition) is 3. The molecule has 2 atom stereocenters. The van der Waals surface area contributed by atoms with Gasteiger partial charge in [-0.3, -0.25) is 9.59 Å². The van der Waals surface area contributed by atoms with Crippen LogP contribution < -0.4 is 4.74 Å². The average Bonchev–Trinajstić information content (AvgIpc) is 3.27. The van der Waals surface area contributed by atoms with Gasteiger partial charge in [-0.25, -0.2) is 0 Å². The first-order valence-electron chi connectivity index (χ1n) is 12.3. The van der Waals surface area contributed by atoms with Crippen LogP contribution in [-0.2, 0) is 22.6 Å². The van der Waals surface area contributed by atoms with Crippen LogP contribution in [0.2, 0.25) is 10.0 Å². The molecule has 0 bridgehead atoms. The molecule has 6 rings (SSSR count). The smallest absolute Gasteiger partial charge is 0.246 e. The van der Waals surface area contributed by atoms with Gasteiger partial charge in [0, 0.05) is 35.1 Å². The van der Waals surface area contributed by atoms with E-state index in [4.69, 9.17) is 27.9 Å². The monoisotopic (exact) mass is 533 g/mol. The van der Waals surface area contributed by atoms with E-state index >= 15 is 0 Å². The van der Waals surface area contributed by atoms with Gasteiger partial charge >= 0.3 is 0 Å².